The highest BCUT2D eigenvalue weighted by molar-refractivity contribution is 7.98. The summed E-state index contributed by atoms with van der Waals surface area (Å²) in [6.45, 7) is 0.419. The molecule has 34 heavy (non-hydrogen) atoms. The fourth-order valence-electron chi connectivity index (χ4n) is 3.40. The van der Waals surface area contributed by atoms with E-state index in [-0.39, 0.29) is 17.5 Å². The van der Waals surface area contributed by atoms with Crippen LogP contribution in [0.1, 0.15) is 21.6 Å². The number of hydrogen-bond acceptors (Lipinski definition) is 5. The summed E-state index contributed by atoms with van der Waals surface area (Å²) >= 11 is 7.50. The van der Waals surface area contributed by atoms with Crippen LogP contribution in [-0.2, 0) is 12.3 Å². The standard InChI is InChI=1S/C25H22ClFN4O2S/c1-30(15-17-10-12-28-13-11-17)24(32)23-14-29-25(31(23)18-6-8-19(33-2)9-7-18)34-16-20-21(26)4-3-5-22(20)27/h3-14H,15-16H2,1-2H3. The Labute approximate surface area is 206 Å². The molecule has 0 unspecified atom stereocenters. The fraction of sp³-hybridized carbons (Fsp3) is 0.160. The van der Waals surface area contributed by atoms with Gasteiger partial charge in [-0.25, -0.2) is 9.37 Å². The number of carbonyl (C=O) groups excluding carboxylic acids is 1. The van der Waals surface area contributed by atoms with E-state index in [1.54, 1.807) is 54.3 Å². The predicted molar refractivity (Wildman–Crippen MR) is 131 cm³/mol. The number of pyridine rings is 1. The minimum atomic E-state index is -0.379. The maximum absolute atomic E-state index is 14.3. The molecule has 0 atom stereocenters. The van der Waals surface area contributed by atoms with E-state index < -0.39 is 0 Å². The maximum atomic E-state index is 14.3. The van der Waals surface area contributed by atoms with Gasteiger partial charge in [0.2, 0.25) is 0 Å². The number of hydrogen-bond donors (Lipinski definition) is 0. The first-order chi connectivity index (χ1) is 16.5. The second-order valence-corrected chi connectivity index (χ2v) is 8.81. The zero-order valence-electron chi connectivity index (χ0n) is 18.6. The Morgan fingerprint density at radius 1 is 1.15 bits per heavy atom. The highest BCUT2D eigenvalue weighted by atomic mass is 35.5. The molecule has 4 rings (SSSR count). The molecule has 0 saturated heterocycles. The van der Waals surface area contributed by atoms with E-state index in [0.29, 0.717) is 33.7 Å². The third-order valence-corrected chi connectivity index (χ3v) is 6.54. The van der Waals surface area contributed by atoms with E-state index in [1.807, 2.05) is 36.4 Å². The van der Waals surface area contributed by atoms with Crippen LogP contribution in [0.3, 0.4) is 0 Å². The molecule has 0 radical (unpaired) electrons. The van der Waals surface area contributed by atoms with Crippen LogP contribution < -0.4 is 4.74 Å². The highest BCUT2D eigenvalue weighted by Gasteiger charge is 2.22. The van der Waals surface area contributed by atoms with E-state index in [9.17, 15) is 9.18 Å². The summed E-state index contributed by atoms with van der Waals surface area (Å²) in [4.78, 5) is 23.5. The largest absolute Gasteiger partial charge is 0.497 e. The number of ether oxygens (including phenoxy) is 1. The van der Waals surface area contributed by atoms with Crippen molar-refractivity contribution in [2.45, 2.75) is 17.5 Å². The molecule has 0 fully saturated rings. The predicted octanol–water partition coefficient (Wildman–Crippen LogP) is 5.63. The summed E-state index contributed by atoms with van der Waals surface area (Å²) in [5, 5.41) is 0.897. The molecule has 0 bridgehead atoms. The molecule has 0 aliphatic heterocycles. The second-order valence-electron chi connectivity index (χ2n) is 7.47. The van der Waals surface area contributed by atoms with Crippen molar-refractivity contribution in [3.05, 3.63) is 101 Å². The van der Waals surface area contributed by atoms with Crippen molar-refractivity contribution in [2.75, 3.05) is 14.2 Å². The normalized spacial score (nSPS) is 10.8. The number of rotatable bonds is 8. The van der Waals surface area contributed by atoms with Crippen molar-refractivity contribution < 1.29 is 13.9 Å². The molecular formula is C25H22ClFN4O2S. The van der Waals surface area contributed by atoms with Gasteiger partial charge in [0.25, 0.3) is 5.91 Å². The summed E-state index contributed by atoms with van der Waals surface area (Å²) in [6, 6.07) is 15.6. The summed E-state index contributed by atoms with van der Waals surface area (Å²) < 4.78 is 21.3. The van der Waals surface area contributed by atoms with Crippen LogP contribution in [0.5, 0.6) is 5.75 Å². The number of imidazole rings is 1. The van der Waals surface area contributed by atoms with Crippen LogP contribution in [0.2, 0.25) is 5.02 Å². The number of carbonyl (C=O) groups is 1. The number of aromatic nitrogens is 3. The van der Waals surface area contributed by atoms with Gasteiger partial charge < -0.3 is 9.64 Å². The Hall–Kier alpha value is -3.36. The number of halogens is 2. The second kappa shape index (κ2) is 10.7. The Bertz CT molecular complexity index is 1260. The van der Waals surface area contributed by atoms with Gasteiger partial charge in [0.1, 0.15) is 17.3 Å². The monoisotopic (exact) mass is 496 g/mol. The Morgan fingerprint density at radius 2 is 1.88 bits per heavy atom. The molecule has 4 aromatic rings. The molecule has 0 N–H and O–H groups in total. The molecule has 9 heteroatoms. The molecule has 174 valence electrons. The summed E-state index contributed by atoms with van der Waals surface area (Å²) in [5.41, 5.74) is 2.48. The highest BCUT2D eigenvalue weighted by Crippen LogP contribution is 2.31. The van der Waals surface area contributed by atoms with Crippen molar-refractivity contribution >= 4 is 29.3 Å². The topological polar surface area (TPSA) is 60.2 Å². The lowest BCUT2D eigenvalue weighted by atomic mass is 10.2. The first-order valence-corrected chi connectivity index (χ1v) is 11.8. The molecular weight excluding hydrogens is 475 g/mol. The van der Waals surface area contributed by atoms with Gasteiger partial charge in [-0.2, -0.15) is 0 Å². The fourth-order valence-corrected chi connectivity index (χ4v) is 4.74. The third kappa shape index (κ3) is 5.24. The number of amides is 1. The van der Waals surface area contributed by atoms with Crippen molar-refractivity contribution in [1.82, 2.24) is 19.4 Å². The molecule has 2 heterocycles. The van der Waals surface area contributed by atoms with Crippen LogP contribution >= 0.6 is 23.4 Å². The molecule has 0 aliphatic carbocycles. The summed E-state index contributed by atoms with van der Waals surface area (Å²) in [5.74, 6) is 0.379. The third-order valence-electron chi connectivity index (χ3n) is 5.20. The van der Waals surface area contributed by atoms with Gasteiger partial charge >= 0.3 is 0 Å². The molecule has 0 aliphatic rings. The minimum Gasteiger partial charge on any atom is -0.497 e. The average molecular weight is 497 g/mol. The molecule has 2 aromatic heterocycles. The maximum Gasteiger partial charge on any atom is 0.272 e. The smallest absolute Gasteiger partial charge is 0.272 e. The van der Waals surface area contributed by atoms with E-state index in [4.69, 9.17) is 16.3 Å². The van der Waals surface area contributed by atoms with Gasteiger partial charge in [-0.05, 0) is 54.1 Å². The molecule has 2 aromatic carbocycles. The first kappa shape index (κ1) is 23.8. The molecule has 1 amide bonds. The van der Waals surface area contributed by atoms with E-state index in [0.717, 1.165) is 11.3 Å². The molecule has 0 spiro atoms. The molecule has 0 saturated carbocycles. The lowest BCUT2D eigenvalue weighted by Gasteiger charge is -2.19. The first-order valence-electron chi connectivity index (χ1n) is 10.4. The number of thioether (sulfide) groups is 1. The quantitative estimate of drug-likeness (QED) is 0.296. The lowest BCUT2D eigenvalue weighted by Crippen LogP contribution is -2.28. The summed E-state index contributed by atoms with van der Waals surface area (Å²) in [7, 11) is 3.33. The zero-order valence-corrected chi connectivity index (χ0v) is 20.2. The number of methoxy groups -OCH3 is 1. The van der Waals surface area contributed by atoms with Crippen molar-refractivity contribution in [3.63, 3.8) is 0 Å². The Kier molecular flexibility index (Phi) is 7.49. The van der Waals surface area contributed by atoms with E-state index >= 15 is 0 Å². The molecule has 6 nitrogen and oxygen atoms in total. The van der Waals surface area contributed by atoms with Crippen LogP contribution in [0.4, 0.5) is 4.39 Å². The Morgan fingerprint density at radius 3 is 2.56 bits per heavy atom. The van der Waals surface area contributed by atoms with Gasteiger partial charge in [-0.15, -0.1) is 0 Å². The Balaban J connectivity index is 1.67. The van der Waals surface area contributed by atoms with Crippen LogP contribution in [0.15, 0.2) is 78.3 Å². The van der Waals surface area contributed by atoms with Gasteiger partial charge in [-0.3, -0.25) is 14.3 Å². The number of nitrogens with zero attached hydrogens (tertiary/aromatic N) is 4. The lowest BCUT2D eigenvalue weighted by molar-refractivity contribution is 0.0776. The van der Waals surface area contributed by atoms with Crippen molar-refractivity contribution in [2.24, 2.45) is 0 Å². The van der Waals surface area contributed by atoms with Gasteiger partial charge in [0.05, 0.1) is 13.3 Å². The summed E-state index contributed by atoms with van der Waals surface area (Å²) in [6.07, 6.45) is 4.93. The SMILES string of the molecule is COc1ccc(-n2c(C(=O)N(C)Cc3ccncc3)cnc2SCc2c(F)cccc2Cl)cc1. The van der Waals surface area contributed by atoms with Gasteiger partial charge in [-0.1, -0.05) is 29.4 Å². The van der Waals surface area contributed by atoms with Crippen LogP contribution in [0.25, 0.3) is 5.69 Å². The van der Waals surface area contributed by atoms with Gasteiger partial charge in [0.15, 0.2) is 5.16 Å². The van der Waals surface area contributed by atoms with Crippen molar-refractivity contribution in [1.29, 1.82) is 0 Å². The van der Waals surface area contributed by atoms with Gasteiger partial charge in [0, 0.05) is 48.0 Å². The average Bonchev–Trinajstić information content (AvgIpc) is 3.27. The van der Waals surface area contributed by atoms with E-state index in [2.05, 4.69) is 9.97 Å². The number of benzene rings is 2. The van der Waals surface area contributed by atoms with Crippen LogP contribution in [-0.4, -0.2) is 39.5 Å². The zero-order chi connectivity index (χ0) is 24.1. The van der Waals surface area contributed by atoms with Crippen molar-refractivity contribution in [3.8, 4) is 11.4 Å². The van der Waals surface area contributed by atoms with Crippen LogP contribution in [0, 0.1) is 5.82 Å². The van der Waals surface area contributed by atoms with E-state index in [1.165, 1.54) is 17.8 Å². The minimum absolute atomic E-state index is 0.198.